The number of aryl methyl sites for hydroxylation is 1. The number of nitrogens with one attached hydrogen (secondary N) is 1. The molecule has 4 aromatic rings. The van der Waals surface area contributed by atoms with Crippen LogP contribution in [0.1, 0.15) is 41.0 Å². The molecule has 1 fully saturated rings. The predicted molar refractivity (Wildman–Crippen MR) is 129 cm³/mol. The Morgan fingerprint density at radius 2 is 2.06 bits per heavy atom. The second-order valence-corrected chi connectivity index (χ2v) is 8.95. The Morgan fingerprint density at radius 3 is 2.79 bits per heavy atom. The first kappa shape index (κ1) is 22.0. The third-order valence-corrected chi connectivity index (χ3v) is 6.20. The van der Waals surface area contributed by atoms with Gasteiger partial charge in [-0.15, -0.1) is 0 Å². The first-order valence-corrected chi connectivity index (χ1v) is 11.4. The van der Waals surface area contributed by atoms with E-state index in [1.54, 1.807) is 35.0 Å². The van der Waals surface area contributed by atoms with Crippen molar-refractivity contribution < 1.29 is 4.79 Å². The van der Waals surface area contributed by atoms with E-state index >= 15 is 0 Å². The van der Waals surface area contributed by atoms with Crippen LogP contribution >= 0.6 is 11.6 Å². The van der Waals surface area contributed by atoms with E-state index in [-0.39, 0.29) is 18.0 Å². The number of rotatable bonds is 4. The van der Waals surface area contributed by atoms with Crippen molar-refractivity contribution in [2.45, 2.75) is 38.3 Å². The van der Waals surface area contributed by atoms with E-state index in [9.17, 15) is 10.1 Å². The maximum Gasteiger partial charge on any atom is 0.270 e. The molecule has 170 valence electrons. The van der Waals surface area contributed by atoms with Gasteiger partial charge in [-0.05, 0) is 62.1 Å². The second kappa shape index (κ2) is 8.86. The lowest BCUT2D eigenvalue weighted by Gasteiger charge is -2.12. The predicted octanol–water partition coefficient (Wildman–Crippen LogP) is 3.90. The smallest absolute Gasteiger partial charge is 0.270 e. The fourth-order valence-electron chi connectivity index (χ4n) is 4.44. The minimum absolute atomic E-state index is 0.0517. The second-order valence-electron chi connectivity index (χ2n) is 8.56. The number of benzene rings is 1. The number of aromatic nitrogens is 4. The van der Waals surface area contributed by atoms with Crippen LogP contribution in [-0.4, -0.2) is 37.6 Å². The van der Waals surface area contributed by atoms with Crippen molar-refractivity contribution >= 4 is 23.2 Å². The SMILES string of the molecule is Cc1cc(-c2c(-c3cccc(C#N)c3)nn3ccc(C(=O)N[C@H]4CC[C@H](N)C4)nc23)cc(Cl)n1. The fourth-order valence-corrected chi connectivity index (χ4v) is 4.69. The molecular formula is C25H22ClN7O. The van der Waals surface area contributed by atoms with Crippen LogP contribution in [0.4, 0.5) is 0 Å². The van der Waals surface area contributed by atoms with Crippen LogP contribution in [0, 0.1) is 18.3 Å². The van der Waals surface area contributed by atoms with Gasteiger partial charge in [0.1, 0.15) is 16.5 Å². The summed E-state index contributed by atoms with van der Waals surface area (Å²) >= 11 is 6.28. The van der Waals surface area contributed by atoms with Crippen LogP contribution in [0.25, 0.3) is 28.0 Å². The normalized spacial score (nSPS) is 17.6. The molecular weight excluding hydrogens is 450 g/mol. The van der Waals surface area contributed by atoms with Crippen LogP contribution in [0.2, 0.25) is 5.15 Å². The number of nitrogens with zero attached hydrogens (tertiary/aromatic N) is 5. The molecule has 0 aliphatic heterocycles. The number of halogens is 1. The number of hydrogen-bond donors (Lipinski definition) is 2. The van der Waals surface area contributed by atoms with Crippen molar-refractivity contribution in [1.29, 1.82) is 5.26 Å². The molecule has 3 aromatic heterocycles. The molecule has 0 bridgehead atoms. The monoisotopic (exact) mass is 471 g/mol. The topological polar surface area (TPSA) is 122 Å². The standard InChI is InChI=1S/C25H22ClN7O/c1-14-9-17(11-21(26)29-14)22-23(16-4-2-3-15(10-16)13-27)32-33-8-7-20(31-24(22)33)25(34)30-19-6-5-18(28)12-19/h2-4,7-11,18-19H,5-6,12,28H2,1H3,(H,30,34)/t18-,19-/m0/s1. The highest BCUT2D eigenvalue weighted by atomic mass is 35.5. The lowest BCUT2D eigenvalue weighted by molar-refractivity contribution is 0.0933. The van der Waals surface area contributed by atoms with Gasteiger partial charge in [-0.2, -0.15) is 10.4 Å². The average Bonchev–Trinajstić information content (AvgIpc) is 3.41. The Bertz CT molecular complexity index is 1440. The highest BCUT2D eigenvalue weighted by Gasteiger charge is 2.25. The van der Waals surface area contributed by atoms with Crippen molar-refractivity contribution in [3.8, 4) is 28.5 Å². The van der Waals surface area contributed by atoms with E-state index in [4.69, 9.17) is 22.4 Å². The first-order chi connectivity index (χ1) is 16.4. The molecule has 1 saturated carbocycles. The van der Waals surface area contributed by atoms with E-state index < -0.39 is 0 Å². The number of nitriles is 1. The molecule has 1 aliphatic rings. The highest BCUT2D eigenvalue weighted by molar-refractivity contribution is 6.29. The summed E-state index contributed by atoms with van der Waals surface area (Å²) in [4.78, 5) is 21.9. The molecule has 0 saturated heterocycles. The first-order valence-electron chi connectivity index (χ1n) is 11.0. The van der Waals surface area contributed by atoms with Crippen molar-refractivity contribution in [3.63, 3.8) is 0 Å². The minimum Gasteiger partial charge on any atom is -0.348 e. The van der Waals surface area contributed by atoms with E-state index in [0.717, 1.165) is 36.1 Å². The maximum atomic E-state index is 13.0. The van der Waals surface area contributed by atoms with Crippen molar-refractivity contribution in [3.05, 3.63) is 70.8 Å². The van der Waals surface area contributed by atoms with Gasteiger partial charge < -0.3 is 11.1 Å². The van der Waals surface area contributed by atoms with Gasteiger partial charge in [0.25, 0.3) is 5.91 Å². The Kier molecular flexibility index (Phi) is 5.74. The molecule has 1 amide bonds. The summed E-state index contributed by atoms with van der Waals surface area (Å²) in [5, 5.41) is 17.5. The summed E-state index contributed by atoms with van der Waals surface area (Å²) in [5.41, 5.74) is 10.9. The summed E-state index contributed by atoms with van der Waals surface area (Å²) < 4.78 is 1.63. The summed E-state index contributed by atoms with van der Waals surface area (Å²) in [6.45, 7) is 1.86. The van der Waals surface area contributed by atoms with Crippen LogP contribution < -0.4 is 11.1 Å². The molecule has 8 nitrogen and oxygen atoms in total. The van der Waals surface area contributed by atoms with Gasteiger partial charge in [0, 0.05) is 29.5 Å². The number of carbonyl (C=O) groups is 1. The van der Waals surface area contributed by atoms with Crippen LogP contribution in [0.5, 0.6) is 0 Å². The van der Waals surface area contributed by atoms with Gasteiger partial charge in [-0.25, -0.2) is 14.5 Å². The molecule has 0 spiro atoms. The zero-order valence-electron chi connectivity index (χ0n) is 18.5. The van der Waals surface area contributed by atoms with E-state index in [1.165, 1.54) is 0 Å². The molecule has 0 unspecified atom stereocenters. The van der Waals surface area contributed by atoms with Crippen molar-refractivity contribution in [1.82, 2.24) is 24.9 Å². The number of amides is 1. The molecule has 2 atom stereocenters. The molecule has 5 rings (SSSR count). The van der Waals surface area contributed by atoms with Gasteiger partial charge in [-0.1, -0.05) is 23.7 Å². The molecule has 3 N–H and O–H groups in total. The molecule has 9 heteroatoms. The van der Waals surface area contributed by atoms with Crippen LogP contribution in [0.3, 0.4) is 0 Å². The van der Waals surface area contributed by atoms with Crippen LogP contribution in [0.15, 0.2) is 48.7 Å². The fraction of sp³-hybridized carbons (Fsp3) is 0.240. The summed E-state index contributed by atoms with van der Waals surface area (Å²) in [6, 6.07) is 14.8. The van der Waals surface area contributed by atoms with E-state index in [0.29, 0.717) is 33.3 Å². The Morgan fingerprint density at radius 1 is 1.21 bits per heavy atom. The summed E-state index contributed by atoms with van der Waals surface area (Å²) in [5.74, 6) is -0.245. The average molecular weight is 472 g/mol. The van der Waals surface area contributed by atoms with Gasteiger partial charge in [0.15, 0.2) is 5.65 Å². The Hall–Kier alpha value is -3.80. The zero-order chi connectivity index (χ0) is 23.8. The third-order valence-electron chi connectivity index (χ3n) is 6.00. The number of fused-ring (bicyclic) bond motifs is 1. The lowest BCUT2D eigenvalue weighted by atomic mass is 10.00. The van der Waals surface area contributed by atoms with Crippen molar-refractivity contribution in [2.75, 3.05) is 0 Å². The number of nitrogens with two attached hydrogens (primary N) is 1. The number of hydrogen-bond acceptors (Lipinski definition) is 6. The van der Waals surface area contributed by atoms with Gasteiger partial charge >= 0.3 is 0 Å². The van der Waals surface area contributed by atoms with E-state index in [2.05, 4.69) is 21.4 Å². The Labute approximate surface area is 201 Å². The quantitative estimate of drug-likeness (QED) is 0.435. The van der Waals surface area contributed by atoms with Gasteiger partial charge in [0.2, 0.25) is 0 Å². The van der Waals surface area contributed by atoms with Gasteiger partial charge in [-0.3, -0.25) is 4.79 Å². The highest BCUT2D eigenvalue weighted by Crippen LogP contribution is 2.36. The van der Waals surface area contributed by atoms with Gasteiger partial charge in [0.05, 0.1) is 17.2 Å². The third kappa shape index (κ3) is 4.23. The molecule has 0 radical (unpaired) electrons. The molecule has 1 aliphatic carbocycles. The zero-order valence-corrected chi connectivity index (χ0v) is 19.3. The van der Waals surface area contributed by atoms with Crippen molar-refractivity contribution in [2.24, 2.45) is 5.73 Å². The maximum absolute atomic E-state index is 13.0. The van der Waals surface area contributed by atoms with E-state index in [1.807, 2.05) is 25.1 Å². The minimum atomic E-state index is -0.245. The van der Waals surface area contributed by atoms with Crippen LogP contribution in [-0.2, 0) is 0 Å². The largest absolute Gasteiger partial charge is 0.348 e. The molecule has 34 heavy (non-hydrogen) atoms. The summed E-state index contributed by atoms with van der Waals surface area (Å²) in [7, 11) is 0. The molecule has 3 heterocycles. The number of pyridine rings is 1. The summed E-state index contributed by atoms with van der Waals surface area (Å²) in [6.07, 6.45) is 4.24. The lowest BCUT2D eigenvalue weighted by Crippen LogP contribution is -2.34. The molecule has 1 aromatic carbocycles. The Balaban J connectivity index is 1.66. The number of carbonyl (C=O) groups excluding carboxylic acids is 1.